The molecule has 0 saturated carbocycles. The van der Waals surface area contributed by atoms with Gasteiger partial charge in [-0.2, -0.15) is 8.96 Å². The van der Waals surface area contributed by atoms with Crippen LogP contribution in [-0.4, -0.2) is 108 Å². The largest absolute Gasteiger partial charge is 0.609 e. The molecule has 6 aromatic rings. The van der Waals surface area contributed by atoms with Crippen LogP contribution >= 0.6 is 0 Å². The van der Waals surface area contributed by atoms with Crippen LogP contribution < -0.4 is 18.9 Å². The van der Waals surface area contributed by atoms with Crippen molar-refractivity contribution in [2.75, 3.05) is 52.2 Å². The van der Waals surface area contributed by atoms with Crippen LogP contribution in [0.25, 0.3) is 11.0 Å². The number of hydrogen-bond donors (Lipinski definition) is 0. The third kappa shape index (κ3) is 12.0. The Kier molecular flexibility index (Phi) is 15.9. The summed E-state index contributed by atoms with van der Waals surface area (Å²) in [6, 6.07) is 20.0. The summed E-state index contributed by atoms with van der Waals surface area (Å²) in [5, 5.41) is -0.358. The van der Waals surface area contributed by atoms with E-state index >= 15 is 0 Å². The number of aromatic nitrogens is 3. The average molecular weight is 998 g/mol. The number of ether oxygens (including phenoxy) is 6. The molecule has 2 aromatic heterocycles. The van der Waals surface area contributed by atoms with Crippen molar-refractivity contribution in [2.24, 2.45) is 0 Å². The summed E-state index contributed by atoms with van der Waals surface area (Å²) in [4.78, 5) is 34.2. The minimum atomic E-state index is -4.77. The van der Waals surface area contributed by atoms with Crippen molar-refractivity contribution in [3.8, 4) is 23.0 Å². The number of fused-ring (bicyclic) bond motifs is 1. The normalized spacial score (nSPS) is 12.3. The van der Waals surface area contributed by atoms with Gasteiger partial charge in [0.1, 0.15) is 24.7 Å². The molecule has 1 atom stereocenters. The summed E-state index contributed by atoms with van der Waals surface area (Å²) in [6.07, 6.45) is 1.55. The second-order valence-corrected chi connectivity index (χ2v) is 22.3. The van der Waals surface area contributed by atoms with E-state index < -0.39 is 101 Å². The Hall–Kier alpha value is -6.20. The zero-order valence-corrected chi connectivity index (χ0v) is 40.5. The number of benzene rings is 4. The van der Waals surface area contributed by atoms with Crippen LogP contribution in [0, 0.1) is 27.7 Å². The van der Waals surface area contributed by atoms with Crippen LogP contribution in [0.5, 0.6) is 23.0 Å². The van der Waals surface area contributed by atoms with E-state index in [9.17, 15) is 39.4 Å². The molecule has 6 rings (SSSR count). The zero-order valence-electron chi connectivity index (χ0n) is 37.2. The number of nitrogens with zero attached hydrogens (tertiary/aromatic N) is 3. The highest BCUT2D eigenvalue weighted by Gasteiger charge is 2.33. The monoisotopic (exact) mass is 997 g/mol. The molecule has 0 saturated heterocycles. The minimum Gasteiger partial charge on any atom is -0.609 e. The number of methoxy groups -OCH3 is 2. The van der Waals surface area contributed by atoms with Gasteiger partial charge >= 0.3 is 17.1 Å². The van der Waals surface area contributed by atoms with Crippen LogP contribution in [0.1, 0.15) is 27.9 Å². The molecule has 0 N–H and O–H groups in total. The standard InChI is InChI=1S/C45H47N3O15S4/c1-29-7-12-34(13-8-29)65(52,53)21-19-60-42(49)26-62-40-18-16-36(24-41(40)63-27-43(50)61-20-22-66(54,55)35-14-9-30(2)10-15-35)67(56,57)48-39-23-33(58-5)11-17-37(39)47-45(48)64(51)28-38-32(4)44(59-6)31(3)25-46-38/h7-18,23-25H,19-22,26-28H2,1-6H3. The van der Waals surface area contributed by atoms with E-state index in [2.05, 4.69) is 9.97 Å². The highest BCUT2D eigenvalue weighted by molar-refractivity contribution is 7.93. The van der Waals surface area contributed by atoms with Gasteiger partial charge in [-0.25, -0.2) is 34.8 Å². The van der Waals surface area contributed by atoms with E-state index in [0.717, 1.165) is 38.9 Å². The summed E-state index contributed by atoms with van der Waals surface area (Å²) in [5.74, 6) is -3.19. The van der Waals surface area contributed by atoms with Crippen molar-refractivity contribution < 1.29 is 67.8 Å². The topological polar surface area (TPSA) is 246 Å². The number of sulfone groups is 2. The summed E-state index contributed by atoms with van der Waals surface area (Å²) < 4.78 is 128. The van der Waals surface area contributed by atoms with Gasteiger partial charge in [0.25, 0.3) is 10.0 Å². The van der Waals surface area contributed by atoms with Crippen molar-refractivity contribution in [2.45, 2.75) is 53.3 Å². The molecule has 4 aromatic carbocycles. The van der Waals surface area contributed by atoms with Crippen molar-refractivity contribution in [1.29, 1.82) is 0 Å². The van der Waals surface area contributed by atoms with E-state index in [1.165, 1.54) is 50.6 Å². The SMILES string of the molecule is COc1ccc2nc([S+]([O-])Cc3ncc(C)c(OC)c3C)n(S(=O)(=O)c3ccc(OCC(=O)OCCS(=O)(=O)c4ccc(C)cc4)c(OCC(=O)OCCS(=O)(=O)c4ccc(C)cc4)c3)c2c1. The maximum Gasteiger partial charge on any atom is 0.344 e. The molecule has 1 unspecified atom stereocenters. The number of rotatable bonds is 21. The molecule has 2 heterocycles. The van der Waals surface area contributed by atoms with E-state index in [1.807, 2.05) is 0 Å². The fourth-order valence-electron chi connectivity index (χ4n) is 6.52. The molecular formula is C45H47N3O15S4. The molecule has 0 bridgehead atoms. The molecule has 356 valence electrons. The smallest absolute Gasteiger partial charge is 0.344 e. The number of aryl methyl sites for hydroxylation is 3. The predicted molar refractivity (Wildman–Crippen MR) is 245 cm³/mol. The molecule has 18 nitrogen and oxygen atoms in total. The molecule has 67 heavy (non-hydrogen) atoms. The molecular weight excluding hydrogens is 951 g/mol. The van der Waals surface area contributed by atoms with Gasteiger partial charge in [0.15, 0.2) is 50.1 Å². The number of carbonyl (C=O) groups is 2. The number of pyridine rings is 1. The first-order valence-corrected chi connectivity index (χ1v) is 26.3. The first-order valence-electron chi connectivity index (χ1n) is 20.2. The zero-order chi connectivity index (χ0) is 48.7. The lowest BCUT2D eigenvalue weighted by atomic mass is 10.1. The Balaban J connectivity index is 1.27. The Morgan fingerprint density at radius 2 is 1.21 bits per heavy atom. The molecule has 0 spiro atoms. The third-order valence-corrected chi connectivity index (χ3v) is 16.6. The van der Waals surface area contributed by atoms with Gasteiger partial charge < -0.3 is 33.0 Å². The molecule has 0 aliphatic carbocycles. The highest BCUT2D eigenvalue weighted by Crippen LogP contribution is 2.35. The average Bonchev–Trinajstić information content (AvgIpc) is 3.69. The lowest BCUT2D eigenvalue weighted by molar-refractivity contribution is -0.146. The predicted octanol–water partition coefficient (Wildman–Crippen LogP) is 5.02. The fourth-order valence-corrected chi connectivity index (χ4v) is 11.8. The lowest BCUT2D eigenvalue weighted by Crippen LogP contribution is -2.22. The van der Waals surface area contributed by atoms with Gasteiger partial charge in [0.2, 0.25) is 0 Å². The molecule has 0 amide bonds. The summed E-state index contributed by atoms with van der Waals surface area (Å²) >= 11 is -2.14. The quantitative estimate of drug-likeness (QED) is 0.0679. The Morgan fingerprint density at radius 3 is 1.75 bits per heavy atom. The van der Waals surface area contributed by atoms with Gasteiger partial charge in [0, 0.05) is 40.6 Å². The van der Waals surface area contributed by atoms with E-state index in [-0.39, 0.29) is 43.2 Å². The van der Waals surface area contributed by atoms with E-state index in [4.69, 9.17) is 28.4 Å². The highest BCUT2D eigenvalue weighted by atomic mass is 32.2. The first-order chi connectivity index (χ1) is 31.7. The fraction of sp³-hybridized carbons (Fsp3) is 0.289. The lowest BCUT2D eigenvalue weighted by Gasteiger charge is -2.17. The van der Waals surface area contributed by atoms with Gasteiger partial charge in [-0.3, -0.25) is 4.98 Å². The Morgan fingerprint density at radius 1 is 0.672 bits per heavy atom. The van der Waals surface area contributed by atoms with Crippen LogP contribution in [-0.2, 0) is 65.7 Å². The van der Waals surface area contributed by atoms with Gasteiger partial charge in [-0.05, 0) is 76.2 Å². The van der Waals surface area contributed by atoms with Crippen molar-refractivity contribution >= 4 is 63.8 Å². The second kappa shape index (κ2) is 21.2. The number of imidazole rings is 1. The maximum absolute atomic E-state index is 14.8. The maximum atomic E-state index is 14.8. The molecule has 0 fully saturated rings. The molecule has 0 radical (unpaired) electrons. The summed E-state index contributed by atoms with van der Waals surface area (Å²) in [7, 11) is -9.51. The van der Waals surface area contributed by atoms with Crippen molar-refractivity contribution in [1.82, 2.24) is 13.9 Å². The van der Waals surface area contributed by atoms with Gasteiger partial charge in [0.05, 0.1) is 57.1 Å². The summed E-state index contributed by atoms with van der Waals surface area (Å²) in [6.45, 7) is 4.41. The summed E-state index contributed by atoms with van der Waals surface area (Å²) in [5.41, 5.74) is 3.59. The Bertz CT molecular complexity index is 3120. The van der Waals surface area contributed by atoms with Crippen LogP contribution in [0.2, 0.25) is 0 Å². The van der Waals surface area contributed by atoms with Crippen LogP contribution in [0.3, 0.4) is 0 Å². The molecule has 0 aliphatic rings. The molecule has 0 aliphatic heterocycles. The van der Waals surface area contributed by atoms with E-state index in [0.29, 0.717) is 17.0 Å². The number of carbonyl (C=O) groups excluding carboxylic acids is 2. The van der Waals surface area contributed by atoms with E-state index in [1.54, 1.807) is 64.2 Å². The van der Waals surface area contributed by atoms with Gasteiger partial charge in [-0.15, -0.1) is 0 Å². The van der Waals surface area contributed by atoms with Crippen LogP contribution in [0.4, 0.5) is 0 Å². The second-order valence-electron chi connectivity index (χ2n) is 14.9. The number of esters is 2. The van der Waals surface area contributed by atoms with Crippen LogP contribution in [0.15, 0.2) is 111 Å². The third-order valence-electron chi connectivity index (χ3n) is 10.1. The molecule has 22 heteroatoms. The van der Waals surface area contributed by atoms with Crippen molar-refractivity contribution in [3.63, 3.8) is 0 Å². The number of hydrogen-bond acceptors (Lipinski definition) is 17. The van der Waals surface area contributed by atoms with Gasteiger partial charge in [-0.1, -0.05) is 35.4 Å². The first kappa shape index (κ1) is 50.2. The van der Waals surface area contributed by atoms with Crippen molar-refractivity contribution in [3.05, 3.63) is 119 Å². The minimum absolute atomic E-state index is 0.00738. The Labute approximate surface area is 391 Å².